The van der Waals surface area contributed by atoms with Crippen molar-refractivity contribution >= 4 is 15.9 Å². The van der Waals surface area contributed by atoms with E-state index in [1.165, 1.54) is 12.1 Å². The molecule has 112 valence electrons. The van der Waals surface area contributed by atoms with E-state index in [0.717, 1.165) is 0 Å². The maximum Gasteiger partial charge on any atom is 0.143 e. The van der Waals surface area contributed by atoms with Crippen molar-refractivity contribution in [1.29, 1.82) is 0 Å². The van der Waals surface area contributed by atoms with E-state index >= 15 is 0 Å². The Labute approximate surface area is 130 Å². The zero-order chi connectivity index (χ0) is 15.6. The summed E-state index contributed by atoms with van der Waals surface area (Å²) in [6.45, 7) is 1.66. The van der Waals surface area contributed by atoms with Gasteiger partial charge in [0.1, 0.15) is 17.5 Å². The fraction of sp³-hybridized carbons (Fsp3) is 0.250. The van der Waals surface area contributed by atoms with Crippen LogP contribution in [0.3, 0.4) is 0 Å². The highest BCUT2D eigenvalue weighted by Crippen LogP contribution is 2.28. The molecule has 0 bridgehead atoms. The third-order valence-electron chi connectivity index (χ3n) is 3.49. The fourth-order valence-electron chi connectivity index (χ4n) is 2.27. The lowest BCUT2D eigenvalue weighted by Crippen LogP contribution is -2.21. The molecule has 0 aromatic heterocycles. The molecule has 1 N–H and O–H groups in total. The van der Waals surface area contributed by atoms with E-state index in [1.807, 2.05) is 0 Å². The Morgan fingerprint density at radius 1 is 1.10 bits per heavy atom. The van der Waals surface area contributed by atoms with Crippen LogP contribution in [0.4, 0.5) is 13.2 Å². The summed E-state index contributed by atoms with van der Waals surface area (Å²) in [4.78, 5) is 0. The van der Waals surface area contributed by atoms with Crippen molar-refractivity contribution in [3.05, 3.63) is 68.9 Å². The van der Waals surface area contributed by atoms with Gasteiger partial charge in [-0.3, -0.25) is 0 Å². The van der Waals surface area contributed by atoms with Crippen molar-refractivity contribution in [2.45, 2.75) is 19.4 Å². The molecule has 0 saturated carbocycles. The van der Waals surface area contributed by atoms with Gasteiger partial charge < -0.3 is 5.32 Å². The summed E-state index contributed by atoms with van der Waals surface area (Å²) in [5.41, 5.74) is 0.837. The van der Waals surface area contributed by atoms with Gasteiger partial charge in [0.25, 0.3) is 0 Å². The second-order valence-electron chi connectivity index (χ2n) is 4.85. The molecule has 1 unspecified atom stereocenters. The average molecular weight is 358 g/mol. The van der Waals surface area contributed by atoms with E-state index in [1.54, 1.807) is 32.2 Å². The third-order valence-corrected chi connectivity index (χ3v) is 4.11. The van der Waals surface area contributed by atoms with Gasteiger partial charge in [0, 0.05) is 17.2 Å². The van der Waals surface area contributed by atoms with Gasteiger partial charge in [-0.15, -0.1) is 0 Å². The van der Waals surface area contributed by atoms with Crippen LogP contribution in [0.1, 0.15) is 22.7 Å². The highest BCUT2D eigenvalue weighted by molar-refractivity contribution is 9.10. The van der Waals surface area contributed by atoms with E-state index in [-0.39, 0.29) is 22.3 Å². The third kappa shape index (κ3) is 3.30. The number of nitrogens with one attached hydrogen (secondary N) is 1. The van der Waals surface area contributed by atoms with Gasteiger partial charge in [0.15, 0.2) is 0 Å². The second kappa shape index (κ2) is 6.62. The molecular weight excluding hydrogens is 343 g/mol. The largest absolute Gasteiger partial charge is 0.313 e. The first-order chi connectivity index (χ1) is 9.95. The summed E-state index contributed by atoms with van der Waals surface area (Å²) in [6.07, 6.45) is 0.0218. The van der Waals surface area contributed by atoms with Crippen molar-refractivity contribution in [2.75, 3.05) is 7.05 Å². The smallest absolute Gasteiger partial charge is 0.143 e. The van der Waals surface area contributed by atoms with Crippen LogP contribution < -0.4 is 5.32 Å². The minimum atomic E-state index is -0.650. The zero-order valence-electron chi connectivity index (χ0n) is 11.7. The Morgan fingerprint density at radius 3 is 2.48 bits per heavy atom. The molecule has 2 rings (SSSR count). The van der Waals surface area contributed by atoms with Crippen molar-refractivity contribution < 1.29 is 13.2 Å². The molecule has 1 nitrogen and oxygen atoms in total. The van der Waals surface area contributed by atoms with Gasteiger partial charge in [-0.1, -0.05) is 18.2 Å². The number of hydrogen-bond acceptors (Lipinski definition) is 1. The Bertz CT molecular complexity index is 658. The average Bonchev–Trinajstić information content (AvgIpc) is 2.47. The minimum Gasteiger partial charge on any atom is -0.313 e. The van der Waals surface area contributed by atoms with Crippen molar-refractivity contribution in [3.8, 4) is 0 Å². The standard InChI is InChI=1S/C16H15BrF3N/c1-9-4-3-5-10(15(9)19)14(21-2)8-11-13(18)7-6-12(17)16(11)20/h3-7,14,21H,8H2,1-2H3. The minimum absolute atomic E-state index is 0.0218. The molecular formula is C16H15BrF3N. The molecule has 0 saturated heterocycles. The highest BCUT2D eigenvalue weighted by Gasteiger charge is 2.20. The van der Waals surface area contributed by atoms with E-state index in [9.17, 15) is 13.2 Å². The first-order valence-electron chi connectivity index (χ1n) is 6.50. The molecule has 0 aliphatic carbocycles. The predicted molar refractivity (Wildman–Crippen MR) is 80.7 cm³/mol. The quantitative estimate of drug-likeness (QED) is 0.783. The first-order valence-corrected chi connectivity index (χ1v) is 7.29. The molecule has 1 atom stereocenters. The van der Waals surface area contributed by atoms with Crippen LogP contribution in [0.5, 0.6) is 0 Å². The van der Waals surface area contributed by atoms with Crippen molar-refractivity contribution in [1.82, 2.24) is 5.32 Å². The summed E-state index contributed by atoms with van der Waals surface area (Å²) in [5.74, 6) is -1.64. The summed E-state index contributed by atoms with van der Waals surface area (Å²) >= 11 is 3.04. The number of likely N-dealkylation sites (N-methyl/N-ethyl adjacent to an activating group) is 1. The number of rotatable bonds is 4. The molecule has 2 aromatic carbocycles. The van der Waals surface area contributed by atoms with Crippen LogP contribution in [-0.2, 0) is 6.42 Å². The molecule has 2 aromatic rings. The number of aryl methyl sites for hydroxylation is 1. The lowest BCUT2D eigenvalue weighted by atomic mass is 9.96. The van der Waals surface area contributed by atoms with Crippen molar-refractivity contribution in [3.63, 3.8) is 0 Å². The Hall–Kier alpha value is -1.33. The van der Waals surface area contributed by atoms with Gasteiger partial charge in [-0.05, 0) is 54.0 Å². The number of benzene rings is 2. The predicted octanol–water partition coefficient (Wildman–Crippen LogP) is 4.68. The SMILES string of the molecule is CNC(Cc1c(F)ccc(Br)c1F)c1cccc(C)c1F. The molecule has 0 aliphatic rings. The molecule has 0 amide bonds. The molecule has 0 radical (unpaired) electrons. The summed E-state index contributed by atoms with van der Waals surface area (Å²) < 4.78 is 42.3. The molecule has 0 heterocycles. The Kier molecular flexibility index (Phi) is 5.06. The topological polar surface area (TPSA) is 12.0 Å². The molecule has 0 spiro atoms. The van der Waals surface area contributed by atoms with Gasteiger partial charge >= 0.3 is 0 Å². The van der Waals surface area contributed by atoms with E-state index in [2.05, 4.69) is 21.2 Å². The van der Waals surface area contributed by atoms with Gasteiger partial charge in [0.05, 0.1) is 4.47 Å². The Morgan fingerprint density at radius 2 is 1.81 bits per heavy atom. The first kappa shape index (κ1) is 16.0. The summed E-state index contributed by atoms with van der Waals surface area (Å²) in [5, 5.41) is 2.92. The van der Waals surface area contributed by atoms with E-state index in [0.29, 0.717) is 11.1 Å². The maximum absolute atomic E-state index is 14.2. The summed E-state index contributed by atoms with van der Waals surface area (Å²) in [6, 6.07) is 7.01. The number of halogens is 4. The maximum atomic E-state index is 14.2. The normalized spacial score (nSPS) is 12.5. The van der Waals surface area contributed by atoms with Crippen LogP contribution >= 0.6 is 15.9 Å². The highest BCUT2D eigenvalue weighted by atomic mass is 79.9. The second-order valence-corrected chi connectivity index (χ2v) is 5.70. The monoisotopic (exact) mass is 357 g/mol. The number of hydrogen-bond donors (Lipinski definition) is 1. The zero-order valence-corrected chi connectivity index (χ0v) is 13.3. The van der Waals surface area contributed by atoms with Crippen LogP contribution in [0.15, 0.2) is 34.8 Å². The lowest BCUT2D eigenvalue weighted by Gasteiger charge is -2.19. The van der Waals surface area contributed by atoms with E-state index in [4.69, 9.17) is 0 Å². The molecule has 0 aliphatic heterocycles. The van der Waals surface area contributed by atoms with Gasteiger partial charge in [-0.2, -0.15) is 0 Å². The lowest BCUT2D eigenvalue weighted by molar-refractivity contribution is 0.493. The summed E-state index contributed by atoms with van der Waals surface area (Å²) in [7, 11) is 1.64. The van der Waals surface area contributed by atoms with Gasteiger partial charge in [-0.25, -0.2) is 13.2 Å². The van der Waals surface area contributed by atoms with Crippen LogP contribution in [-0.4, -0.2) is 7.05 Å². The van der Waals surface area contributed by atoms with Crippen LogP contribution in [0.25, 0.3) is 0 Å². The van der Waals surface area contributed by atoms with E-state index < -0.39 is 17.7 Å². The van der Waals surface area contributed by atoms with Crippen LogP contribution in [0, 0.1) is 24.4 Å². The molecule has 21 heavy (non-hydrogen) atoms. The van der Waals surface area contributed by atoms with Gasteiger partial charge in [0.2, 0.25) is 0 Å². The molecule has 0 fully saturated rings. The van der Waals surface area contributed by atoms with Crippen molar-refractivity contribution in [2.24, 2.45) is 0 Å². The molecule has 5 heteroatoms. The Balaban J connectivity index is 2.41. The van der Waals surface area contributed by atoms with Crippen LogP contribution in [0.2, 0.25) is 0 Å². The fourth-order valence-corrected chi connectivity index (χ4v) is 2.64.